The third-order valence-electron chi connectivity index (χ3n) is 4.59. The van der Waals surface area contributed by atoms with Gasteiger partial charge in [0.25, 0.3) is 5.91 Å². The highest BCUT2D eigenvalue weighted by Gasteiger charge is 2.16. The highest BCUT2D eigenvalue weighted by molar-refractivity contribution is 7.16. The second-order valence-electron chi connectivity index (χ2n) is 6.81. The Kier molecular flexibility index (Phi) is 5.69. The minimum absolute atomic E-state index is 0.186. The molecule has 2 amide bonds. The summed E-state index contributed by atoms with van der Waals surface area (Å²) in [6, 6.07) is 13.3. The summed E-state index contributed by atoms with van der Waals surface area (Å²) in [5.74, 6) is -1.56. The van der Waals surface area contributed by atoms with Crippen LogP contribution in [0.5, 0.6) is 0 Å². The number of amides is 2. The Morgan fingerprint density at radius 3 is 2.69 bits per heavy atom. The fourth-order valence-corrected chi connectivity index (χ4v) is 4.21. The first kappa shape index (κ1) is 21.2. The molecule has 0 radical (unpaired) electrons. The van der Waals surface area contributed by atoms with Crippen LogP contribution >= 0.6 is 11.3 Å². The quantitative estimate of drug-likeness (QED) is 0.376. The summed E-state index contributed by atoms with van der Waals surface area (Å²) in [6.45, 7) is 1.21. The van der Waals surface area contributed by atoms with Crippen molar-refractivity contribution in [1.29, 1.82) is 0 Å². The summed E-state index contributed by atoms with van der Waals surface area (Å²) < 4.78 is 12.2. The molecule has 0 bridgehead atoms. The topological polar surface area (TPSA) is 120 Å². The lowest BCUT2D eigenvalue weighted by atomic mass is 10.2. The predicted octanol–water partition coefficient (Wildman–Crippen LogP) is 2.68. The lowest BCUT2D eigenvalue weighted by Crippen LogP contribution is -2.23. The molecule has 0 aliphatic heterocycles. The normalized spacial score (nSPS) is 11.6. The lowest BCUT2D eigenvalue weighted by Gasteiger charge is -2.05. The standard InChI is InChI=1S/C22H17N3O6S/c1-12(26)23-14-7-8-16-18(10-14)32-22(25(16)11-19(27)30-2)24-20(28)15-9-13-5-3-4-6-17(13)31-21(15)29/h3-10H,11H2,1-2H3,(H,23,26). The van der Waals surface area contributed by atoms with E-state index in [4.69, 9.17) is 9.15 Å². The van der Waals surface area contributed by atoms with Gasteiger partial charge in [-0.15, -0.1) is 0 Å². The van der Waals surface area contributed by atoms with Gasteiger partial charge >= 0.3 is 11.6 Å². The molecule has 1 N–H and O–H groups in total. The third kappa shape index (κ3) is 4.21. The molecule has 9 nitrogen and oxygen atoms in total. The fourth-order valence-electron chi connectivity index (χ4n) is 3.14. The zero-order chi connectivity index (χ0) is 22.8. The van der Waals surface area contributed by atoms with Crippen LogP contribution in [-0.2, 0) is 20.9 Å². The van der Waals surface area contributed by atoms with Crippen molar-refractivity contribution in [3.63, 3.8) is 0 Å². The average molecular weight is 451 g/mol. The van der Waals surface area contributed by atoms with Gasteiger partial charge in [-0.1, -0.05) is 29.5 Å². The number of fused-ring (bicyclic) bond motifs is 2. The number of anilines is 1. The third-order valence-corrected chi connectivity index (χ3v) is 5.63. The van der Waals surface area contributed by atoms with Gasteiger partial charge in [0, 0.05) is 18.0 Å². The number of carbonyl (C=O) groups excluding carboxylic acids is 3. The zero-order valence-corrected chi connectivity index (χ0v) is 17.9. The van der Waals surface area contributed by atoms with Crippen molar-refractivity contribution in [1.82, 2.24) is 4.57 Å². The van der Waals surface area contributed by atoms with E-state index in [1.54, 1.807) is 42.5 Å². The minimum Gasteiger partial charge on any atom is -0.468 e. The molecule has 0 unspecified atom stereocenters. The number of benzene rings is 2. The number of hydrogen-bond acceptors (Lipinski definition) is 7. The van der Waals surface area contributed by atoms with Crippen LogP contribution in [0, 0.1) is 0 Å². The summed E-state index contributed by atoms with van der Waals surface area (Å²) in [6.07, 6.45) is 0. The van der Waals surface area contributed by atoms with Crippen molar-refractivity contribution >= 4 is 56.0 Å². The molecule has 4 aromatic rings. The predicted molar refractivity (Wildman–Crippen MR) is 119 cm³/mol. The largest absolute Gasteiger partial charge is 0.468 e. The number of ether oxygens (including phenoxy) is 1. The first-order chi connectivity index (χ1) is 15.4. The minimum atomic E-state index is -0.800. The SMILES string of the molecule is COC(=O)Cn1c(=NC(=O)c2cc3ccccc3oc2=O)sc2cc(NC(C)=O)ccc21. The molecule has 0 atom stereocenters. The molecular weight excluding hydrogens is 434 g/mol. The molecule has 0 fully saturated rings. The second kappa shape index (κ2) is 8.60. The van der Waals surface area contributed by atoms with Crippen LogP contribution in [0.2, 0.25) is 0 Å². The van der Waals surface area contributed by atoms with Gasteiger partial charge in [-0.05, 0) is 30.3 Å². The second-order valence-corrected chi connectivity index (χ2v) is 7.82. The number of thiazole rings is 1. The summed E-state index contributed by atoms with van der Waals surface area (Å²) >= 11 is 1.13. The Balaban J connectivity index is 1.86. The van der Waals surface area contributed by atoms with E-state index >= 15 is 0 Å². The van der Waals surface area contributed by atoms with E-state index in [1.807, 2.05) is 0 Å². The fraction of sp³-hybridized carbons (Fsp3) is 0.136. The highest BCUT2D eigenvalue weighted by Crippen LogP contribution is 2.22. The number of aromatic nitrogens is 1. The molecule has 2 heterocycles. The molecule has 0 spiro atoms. The first-order valence-electron chi connectivity index (χ1n) is 9.45. The summed E-state index contributed by atoms with van der Waals surface area (Å²) in [7, 11) is 1.26. The van der Waals surface area contributed by atoms with Crippen molar-refractivity contribution < 1.29 is 23.5 Å². The van der Waals surface area contributed by atoms with E-state index in [1.165, 1.54) is 24.7 Å². The first-order valence-corrected chi connectivity index (χ1v) is 10.3. The van der Waals surface area contributed by atoms with E-state index in [-0.39, 0.29) is 22.8 Å². The Morgan fingerprint density at radius 1 is 1.16 bits per heavy atom. The number of nitrogens with one attached hydrogen (secondary N) is 1. The summed E-state index contributed by atoms with van der Waals surface area (Å²) in [4.78, 5) is 52.8. The Morgan fingerprint density at radius 2 is 1.94 bits per heavy atom. The molecule has 2 aromatic carbocycles. The van der Waals surface area contributed by atoms with Crippen molar-refractivity contribution in [3.05, 3.63) is 69.3 Å². The van der Waals surface area contributed by atoms with E-state index in [9.17, 15) is 19.2 Å². The van der Waals surface area contributed by atoms with Crippen LogP contribution in [0.15, 0.2) is 62.7 Å². The molecule has 0 aliphatic carbocycles. The number of esters is 1. The van der Waals surface area contributed by atoms with Gasteiger partial charge in [0.15, 0.2) is 4.80 Å². The van der Waals surface area contributed by atoms with Crippen LogP contribution in [0.3, 0.4) is 0 Å². The van der Waals surface area contributed by atoms with Crippen molar-refractivity contribution in [2.45, 2.75) is 13.5 Å². The maximum Gasteiger partial charge on any atom is 0.349 e. The number of carbonyl (C=O) groups is 3. The highest BCUT2D eigenvalue weighted by atomic mass is 32.1. The molecule has 4 rings (SSSR count). The Hall–Kier alpha value is -4.05. The molecular formula is C22H17N3O6S. The molecule has 0 aliphatic rings. The lowest BCUT2D eigenvalue weighted by molar-refractivity contribution is -0.141. The van der Waals surface area contributed by atoms with Crippen LogP contribution in [0.25, 0.3) is 21.2 Å². The Labute approximate surface area is 184 Å². The number of nitrogens with zero attached hydrogens (tertiary/aromatic N) is 2. The van der Waals surface area contributed by atoms with E-state index < -0.39 is 17.5 Å². The van der Waals surface area contributed by atoms with E-state index in [0.29, 0.717) is 26.9 Å². The Bertz CT molecular complexity index is 1510. The van der Waals surface area contributed by atoms with Crippen molar-refractivity contribution in [3.8, 4) is 0 Å². The van der Waals surface area contributed by atoms with Gasteiger partial charge in [0.2, 0.25) is 5.91 Å². The molecule has 2 aromatic heterocycles. The zero-order valence-electron chi connectivity index (χ0n) is 17.1. The maximum atomic E-state index is 12.9. The summed E-state index contributed by atoms with van der Waals surface area (Å²) in [5, 5.41) is 3.27. The average Bonchev–Trinajstić information content (AvgIpc) is 3.08. The van der Waals surface area contributed by atoms with Crippen LogP contribution in [-0.4, -0.2) is 29.5 Å². The molecule has 162 valence electrons. The number of methoxy groups -OCH3 is 1. The molecule has 0 saturated carbocycles. The van der Waals surface area contributed by atoms with Gasteiger partial charge in [0.1, 0.15) is 17.7 Å². The van der Waals surface area contributed by atoms with Gasteiger partial charge in [-0.3, -0.25) is 14.4 Å². The maximum absolute atomic E-state index is 12.9. The van der Waals surface area contributed by atoms with Gasteiger partial charge in [0.05, 0.1) is 17.3 Å². The molecule has 32 heavy (non-hydrogen) atoms. The molecule has 0 saturated heterocycles. The number of hydrogen-bond donors (Lipinski definition) is 1. The van der Waals surface area contributed by atoms with Gasteiger partial charge in [-0.25, -0.2) is 4.79 Å². The summed E-state index contributed by atoms with van der Waals surface area (Å²) in [5.41, 5.74) is 0.522. The monoisotopic (exact) mass is 451 g/mol. The molecule has 10 heteroatoms. The number of para-hydroxylation sites is 1. The van der Waals surface area contributed by atoms with E-state index in [0.717, 1.165) is 11.3 Å². The van der Waals surface area contributed by atoms with Crippen molar-refractivity contribution in [2.75, 3.05) is 12.4 Å². The van der Waals surface area contributed by atoms with Crippen LogP contribution in [0.1, 0.15) is 17.3 Å². The van der Waals surface area contributed by atoms with E-state index in [2.05, 4.69) is 10.3 Å². The van der Waals surface area contributed by atoms with Crippen LogP contribution in [0.4, 0.5) is 5.69 Å². The smallest absolute Gasteiger partial charge is 0.349 e. The van der Waals surface area contributed by atoms with Gasteiger partial charge < -0.3 is 19.0 Å². The number of rotatable bonds is 4. The van der Waals surface area contributed by atoms with Crippen molar-refractivity contribution in [2.24, 2.45) is 4.99 Å². The van der Waals surface area contributed by atoms with Gasteiger partial charge in [-0.2, -0.15) is 4.99 Å². The van der Waals surface area contributed by atoms with Crippen LogP contribution < -0.4 is 15.7 Å².